The fourth-order valence-corrected chi connectivity index (χ4v) is 1.65. The van der Waals surface area contributed by atoms with Crippen LogP contribution in [0.4, 0.5) is 0 Å². The molecule has 0 bridgehead atoms. The first-order valence-electron chi connectivity index (χ1n) is 5.32. The van der Waals surface area contributed by atoms with Crippen LogP contribution in [0.2, 0.25) is 0 Å². The van der Waals surface area contributed by atoms with E-state index in [2.05, 4.69) is 5.10 Å². The van der Waals surface area contributed by atoms with Crippen molar-refractivity contribution in [1.82, 2.24) is 9.61 Å². The molecular weight excluding hydrogens is 204 g/mol. The average molecular weight is 220 g/mol. The highest BCUT2D eigenvalue weighted by Gasteiger charge is 2.21. The van der Waals surface area contributed by atoms with Crippen molar-refractivity contribution in [3.63, 3.8) is 0 Å². The molecule has 1 N–H and O–H groups in total. The Labute approximate surface area is 94.5 Å². The number of pyridine rings is 1. The lowest BCUT2D eigenvalue weighted by Crippen LogP contribution is -2.23. The van der Waals surface area contributed by atoms with Crippen LogP contribution in [0.5, 0.6) is 0 Å². The molecule has 0 aliphatic heterocycles. The monoisotopic (exact) mass is 220 g/mol. The summed E-state index contributed by atoms with van der Waals surface area (Å²) in [5.74, 6) is 0. The molecule has 2 rings (SSSR count). The van der Waals surface area contributed by atoms with Crippen molar-refractivity contribution in [2.75, 3.05) is 13.2 Å². The van der Waals surface area contributed by atoms with Gasteiger partial charge in [0.05, 0.1) is 24.3 Å². The van der Waals surface area contributed by atoms with E-state index in [1.807, 2.05) is 42.8 Å². The smallest absolute Gasteiger partial charge is 0.0891 e. The van der Waals surface area contributed by atoms with Gasteiger partial charge in [-0.25, -0.2) is 4.52 Å². The van der Waals surface area contributed by atoms with Gasteiger partial charge in [0, 0.05) is 18.0 Å². The van der Waals surface area contributed by atoms with E-state index in [9.17, 15) is 0 Å². The second-order valence-electron chi connectivity index (χ2n) is 4.20. The summed E-state index contributed by atoms with van der Waals surface area (Å²) in [5.41, 5.74) is 1.68. The highest BCUT2D eigenvalue weighted by Crippen LogP contribution is 2.24. The van der Waals surface area contributed by atoms with Crippen LogP contribution < -0.4 is 0 Å². The van der Waals surface area contributed by atoms with Crippen molar-refractivity contribution in [1.29, 1.82) is 0 Å². The quantitative estimate of drug-likeness (QED) is 0.851. The maximum atomic E-state index is 8.77. The summed E-state index contributed by atoms with van der Waals surface area (Å²) in [6.45, 7) is 4.33. The van der Waals surface area contributed by atoms with Gasteiger partial charge in [-0.3, -0.25) is 0 Å². The number of ether oxygens (including phenoxy) is 1. The van der Waals surface area contributed by atoms with E-state index in [4.69, 9.17) is 9.84 Å². The molecular formula is C12H16N2O2. The fraction of sp³-hybridized carbons (Fsp3) is 0.417. The van der Waals surface area contributed by atoms with E-state index in [0.29, 0.717) is 6.61 Å². The van der Waals surface area contributed by atoms with Crippen molar-refractivity contribution < 1.29 is 9.84 Å². The Balaban J connectivity index is 2.30. The maximum Gasteiger partial charge on any atom is 0.0891 e. The van der Waals surface area contributed by atoms with E-state index in [1.54, 1.807) is 6.20 Å². The zero-order valence-electron chi connectivity index (χ0n) is 9.55. The van der Waals surface area contributed by atoms with Gasteiger partial charge in [-0.1, -0.05) is 6.07 Å². The maximum absolute atomic E-state index is 8.77. The van der Waals surface area contributed by atoms with Crippen molar-refractivity contribution in [2.24, 2.45) is 0 Å². The van der Waals surface area contributed by atoms with Crippen LogP contribution in [-0.4, -0.2) is 27.9 Å². The normalized spacial score (nSPS) is 12.2. The minimum Gasteiger partial charge on any atom is -0.394 e. The number of hydrogen-bond donors (Lipinski definition) is 1. The average Bonchev–Trinajstić information content (AvgIpc) is 2.73. The molecule has 4 heteroatoms. The number of aliphatic hydroxyl groups excluding tert-OH is 1. The summed E-state index contributed by atoms with van der Waals surface area (Å²) in [7, 11) is 0. The predicted molar refractivity (Wildman–Crippen MR) is 61.3 cm³/mol. The molecule has 0 unspecified atom stereocenters. The number of fused-ring (bicyclic) bond motifs is 1. The molecule has 2 aromatic heterocycles. The molecule has 86 valence electrons. The second kappa shape index (κ2) is 4.23. The van der Waals surface area contributed by atoms with Crippen LogP contribution >= 0.6 is 0 Å². The van der Waals surface area contributed by atoms with E-state index in [-0.39, 0.29) is 6.61 Å². The number of nitrogens with zero attached hydrogens (tertiary/aromatic N) is 2. The van der Waals surface area contributed by atoms with Crippen LogP contribution in [0, 0.1) is 0 Å². The van der Waals surface area contributed by atoms with Crippen LogP contribution in [0.25, 0.3) is 5.52 Å². The Kier molecular flexibility index (Phi) is 2.94. The minimum atomic E-state index is -0.414. The molecule has 0 saturated carbocycles. The Morgan fingerprint density at radius 2 is 2.19 bits per heavy atom. The molecule has 0 fully saturated rings. The third-order valence-electron chi connectivity index (χ3n) is 2.65. The van der Waals surface area contributed by atoms with Crippen molar-refractivity contribution in [3.8, 4) is 0 Å². The summed E-state index contributed by atoms with van der Waals surface area (Å²) in [4.78, 5) is 0. The summed E-state index contributed by atoms with van der Waals surface area (Å²) >= 11 is 0. The number of aromatic nitrogens is 2. The zero-order chi connectivity index (χ0) is 11.6. The Bertz CT molecular complexity index is 477. The van der Waals surface area contributed by atoms with Gasteiger partial charge in [0.25, 0.3) is 0 Å². The Morgan fingerprint density at radius 1 is 1.38 bits per heavy atom. The SMILES string of the molecule is CC(C)(OCCO)c1ccc2ccnn2c1. The number of hydrogen-bond acceptors (Lipinski definition) is 3. The van der Waals surface area contributed by atoms with E-state index in [1.165, 1.54) is 0 Å². The standard InChI is InChI=1S/C12H16N2O2/c1-12(2,16-8-7-15)10-3-4-11-5-6-13-14(11)9-10/h3-6,9,15H,7-8H2,1-2H3. The lowest BCUT2D eigenvalue weighted by Gasteiger charge is -2.25. The zero-order valence-corrected chi connectivity index (χ0v) is 9.55. The molecule has 2 aromatic rings. The van der Waals surface area contributed by atoms with Gasteiger partial charge < -0.3 is 9.84 Å². The van der Waals surface area contributed by atoms with Gasteiger partial charge >= 0.3 is 0 Å². The highest BCUT2D eigenvalue weighted by molar-refractivity contribution is 5.46. The number of aliphatic hydroxyl groups is 1. The molecule has 0 aromatic carbocycles. The molecule has 0 radical (unpaired) electrons. The topological polar surface area (TPSA) is 46.8 Å². The summed E-state index contributed by atoms with van der Waals surface area (Å²) in [5, 5.41) is 13.0. The molecule has 0 atom stereocenters. The van der Waals surface area contributed by atoms with Crippen LogP contribution in [0.15, 0.2) is 30.6 Å². The van der Waals surface area contributed by atoms with Gasteiger partial charge in [0.2, 0.25) is 0 Å². The van der Waals surface area contributed by atoms with Gasteiger partial charge in [-0.15, -0.1) is 0 Å². The molecule has 0 amide bonds. The molecule has 16 heavy (non-hydrogen) atoms. The molecule has 2 heterocycles. The lowest BCUT2D eigenvalue weighted by molar-refractivity contribution is -0.0372. The first kappa shape index (κ1) is 11.1. The van der Waals surface area contributed by atoms with E-state index < -0.39 is 5.60 Å². The molecule has 0 saturated heterocycles. The van der Waals surface area contributed by atoms with Crippen LogP contribution in [-0.2, 0) is 10.3 Å². The third-order valence-corrected chi connectivity index (χ3v) is 2.65. The lowest BCUT2D eigenvalue weighted by atomic mass is 10.00. The summed E-state index contributed by atoms with van der Waals surface area (Å²) in [6, 6.07) is 5.98. The fourth-order valence-electron chi connectivity index (χ4n) is 1.65. The second-order valence-corrected chi connectivity index (χ2v) is 4.20. The largest absolute Gasteiger partial charge is 0.394 e. The van der Waals surface area contributed by atoms with Gasteiger partial charge in [-0.05, 0) is 26.0 Å². The van der Waals surface area contributed by atoms with Crippen molar-refractivity contribution in [2.45, 2.75) is 19.4 Å². The molecule has 0 aliphatic carbocycles. The Hall–Kier alpha value is -1.39. The van der Waals surface area contributed by atoms with Gasteiger partial charge in [0.15, 0.2) is 0 Å². The summed E-state index contributed by atoms with van der Waals surface area (Å²) < 4.78 is 7.42. The molecule has 0 spiro atoms. The van der Waals surface area contributed by atoms with Crippen molar-refractivity contribution in [3.05, 3.63) is 36.2 Å². The van der Waals surface area contributed by atoms with Gasteiger partial charge in [-0.2, -0.15) is 5.10 Å². The van der Waals surface area contributed by atoms with Crippen LogP contribution in [0.1, 0.15) is 19.4 Å². The Morgan fingerprint density at radius 3 is 2.94 bits per heavy atom. The molecule has 4 nitrogen and oxygen atoms in total. The van der Waals surface area contributed by atoms with E-state index >= 15 is 0 Å². The van der Waals surface area contributed by atoms with Crippen molar-refractivity contribution >= 4 is 5.52 Å². The third kappa shape index (κ3) is 2.08. The van der Waals surface area contributed by atoms with Crippen LogP contribution in [0.3, 0.4) is 0 Å². The van der Waals surface area contributed by atoms with Gasteiger partial charge in [0.1, 0.15) is 0 Å². The predicted octanol–water partition coefficient (Wildman–Crippen LogP) is 1.58. The minimum absolute atomic E-state index is 0.0352. The molecule has 0 aliphatic rings. The highest BCUT2D eigenvalue weighted by atomic mass is 16.5. The first-order valence-corrected chi connectivity index (χ1v) is 5.32. The first-order chi connectivity index (χ1) is 7.63. The van der Waals surface area contributed by atoms with E-state index in [0.717, 1.165) is 11.1 Å². The number of rotatable bonds is 4. The summed E-state index contributed by atoms with van der Waals surface area (Å²) in [6.07, 6.45) is 3.72.